The predicted octanol–water partition coefficient (Wildman–Crippen LogP) is 2.12. The number of hydrogen-bond donors (Lipinski definition) is 1. The molecule has 2 fully saturated rings. The van der Waals surface area contributed by atoms with E-state index in [1.54, 1.807) is 0 Å². The van der Waals surface area contributed by atoms with Gasteiger partial charge in [0.25, 0.3) is 0 Å². The molecule has 1 amide bonds. The van der Waals surface area contributed by atoms with Crippen molar-refractivity contribution in [3.05, 3.63) is 0 Å². The highest BCUT2D eigenvalue weighted by molar-refractivity contribution is 7.99. The molecule has 0 aromatic rings. The highest BCUT2D eigenvalue weighted by Crippen LogP contribution is 2.22. The third-order valence-electron chi connectivity index (χ3n) is 4.10. The zero-order chi connectivity index (χ0) is 13.0. The van der Waals surface area contributed by atoms with Gasteiger partial charge in [-0.1, -0.05) is 13.3 Å². The Kier molecular flexibility index (Phi) is 5.37. The van der Waals surface area contributed by atoms with Crippen molar-refractivity contribution in [3.63, 3.8) is 0 Å². The first-order valence-corrected chi connectivity index (χ1v) is 8.43. The van der Waals surface area contributed by atoms with Crippen LogP contribution >= 0.6 is 11.8 Å². The maximum Gasteiger partial charge on any atom is 0.224 e. The zero-order valence-electron chi connectivity index (χ0n) is 11.7. The predicted molar refractivity (Wildman–Crippen MR) is 77.9 cm³/mol. The van der Waals surface area contributed by atoms with E-state index in [0.29, 0.717) is 30.3 Å². The molecular weight excluding hydrogens is 244 g/mol. The molecule has 0 aromatic carbocycles. The molecular formula is C14H26N2OS. The molecule has 2 saturated heterocycles. The Morgan fingerprint density at radius 2 is 2.22 bits per heavy atom. The van der Waals surface area contributed by atoms with Gasteiger partial charge < -0.3 is 10.2 Å². The van der Waals surface area contributed by atoms with Crippen LogP contribution in [0.4, 0.5) is 0 Å². The summed E-state index contributed by atoms with van der Waals surface area (Å²) in [6, 6.07) is 0.820. The summed E-state index contributed by atoms with van der Waals surface area (Å²) in [7, 11) is 0. The minimum absolute atomic E-state index is 0.358. The molecule has 1 N–H and O–H groups in total. The lowest BCUT2D eigenvalue weighted by atomic mass is 10.1. The van der Waals surface area contributed by atoms with Gasteiger partial charge in [0, 0.05) is 43.1 Å². The van der Waals surface area contributed by atoms with Gasteiger partial charge in [-0.2, -0.15) is 11.8 Å². The second-order valence-electron chi connectivity index (χ2n) is 5.86. The van der Waals surface area contributed by atoms with E-state index in [4.69, 9.17) is 0 Å². The van der Waals surface area contributed by atoms with E-state index < -0.39 is 0 Å². The molecule has 2 heterocycles. The Morgan fingerprint density at radius 1 is 1.39 bits per heavy atom. The van der Waals surface area contributed by atoms with Gasteiger partial charge in [0.2, 0.25) is 5.91 Å². The molecule has 0 bridgehead atoms. The van der Waals surface area contributed by atoms with Crippen molar-refractivity contribution in [2.24, 2.45) is 5.92 Å². The second kappa shape index (κ2) is 6.80. The fourth-order valence-corrected chi connectivity index (χ4v) is 3.90. The number of carbonyl (C=O) groups is 1. The van der Waals surface area contributed by atoms with Gasteiger partial charge in [-0.25, -0.2) is 0 Å². The smallest absolute Gasteiger partial charge is 0.224 e. The van der Waals surface area contributed by atoms with Gasteiger partial charge in [0.05, 0.1) is 0 Å². The number of carbonyl (C=O) groups excluding carboxylic acids is 1. The number of amides is 1. The molecule has 3 nitrogen and oxygen atoms in total. The fourth-order valence-electron chi connectivity index (χ4n) is 2.95. The maximum absolute atomic E-state index is 12.5. The Balaban J connectivity index is 1.88. The van der Waals surface area contributed by atoms with Crippen molar-refractivity contribution in [1.82, 2.24) is 10.2 Å². The Hall–Kier alpha value is -0.220. The van der Waals surface area contributed by atoms with Crippen molar-refractivity contribution < 1.29 is 4.79 Å². The quantitative estimate of drug-likeness (QED) is 0.834. The first-order valence-electron chi connectivity index (χ1n) is 7.27. The first-order chi connectivity index (χ1) is 8.66. The molecule has 0 aliphatic carbocycles. The lowest BCUT2D eigenvalue weighted by molar-refractivity contribution is -0.134. The van der Waals surface area contributed by atoms with E-state index in [1.165, 1.54) is 25.0 Å². The summed E-state index contributed by atoms with van der Waals surface area (Å²) in [5.74, 6) is 3.29. The molecule has 0 radical (unpaired) electrons. The Labute approximate surface area is 115 Å². The van der Waals surface area contributed by atoms with Gasteiger partial charge in [0.1, 0.15) is 0 Å². The summed E-state index contributed by atoms with van der Waals surface area (Å²) in [4.78, 5) is 14.6. The molecule has 0 aromatic heterocycles. The minimum atomic E-state index is 0.358. The molecule has 0 saturated carbocycles. The average molecular weight is 270 g/mol. The maximum atomic E-state index is 12.5. The van der Waals surface area contributed by atoms with Crippen LogP contribution in [-0.2, 0) is 4.79 Å². The van der Waals surface area contributed by atoms with Crippen LogP contribution in [0.2, 0.25) is 0 Å². The van der Waals surface area contributed by atoms with E-state index in [-0.39, 0.29) is 0 Å². The molecule has 18 heavy (non-hydrogen) atoms. The van der Waals surface area contributed by atoms with Gasteiger partial charge in [-0.05, 0) is 25.7 Å². The molecule has 2 aliphatic heterocycles. The topological polar surface area (TPSA) is 32.3 Å². The summed E-state index contributed by atoms with van der Waals surface area (Å²) < 4.78 is 0. The van der Waals surface area contributed by atoms with Crippen LogP contribution in [0.3, 0.4) is 0 Å². The SMILES string of the molecule is CC1CCCC(C)N(C(=O)CC2CSCCN2)C1. The van der Waals surface area contributed by atoms with Gasteiger partial charge in [-0.15, -0.1) is 0 Å². The summed E-state index contributed by atoms with van der Waals surface area (Å²) >= 11 is 1.96. The molecule has 2 aliphatic rings. The van der Waals surface area contributed by atoms with E-state index in [0.717, 1.165) is 18.8 Å². The number of hydrogen-bond acceptors (Lipinski definition) is 3. The van der Waals surface area contributed by atoms with Crippen LogP contribution in [0.25, 0.3) is 0 Å². The molecule has 3 atom stereocenters. The lowest BCUT2D eigenvalue weighted by Crippen LogP contribution is -2.45. The molecule has 0 spiro atoms. The lowest BCUT2D eigenvalue weighted by Gasteiger charge is -2.31. The fraction of sp³-hybridized carbons (Fsp3) is 0.929. The highest BCUT2D eigenvalue weighted by atomic mass is 32.2. The number of likely N-dealkylation sites (tertiary alicyclic amines) is 1. The van der Waals surface area contributed by atoms with Crippen LogP contribution in [-0.4, -0.2) is 47.5 Å². The summed E-state index contributed by atoms with van der Waals surface area (Å²) in [6.45, 7) is 6.49. The second-order valence-corrected chi connectivity index (χ2v) is 7.01. The van der Waals surface area contributed by atoms with Crippen molar-refractivity contribution in [2.75, 3.05) is 24.6 Å². The Bertz CT molecular complexity index is 279. The standard InChI is InChI=1S/C14H26N2OS/c1-11-4-3-5-12(2)16(9-11)14(17)8-13-10-18-7-6-15-13/h11-13,15H,3-10H2,1-2H3. The number of thioether (sulfide) groups is 1. The Morgan fingerprint density at radius 3 is 2.94 bits per heavy atom. The van der Waals surface area contributed by atoms with Crippen LogP contribution in [0.15, 0.2) is 0 Å². The molecule has 2 rings (SSSR count). The third kappa shape index (κ3) is 3.89. The van der Waals surface area contributed by atoms with Crippen LogP contribution in [0, 0.1) is 5.92 Å². The van der Waals surface area contributed by atoms with Gasteiger partial charge in [-0.3, -0.25) is 4.79 Å². The monoisotopic (exact) mass is 270 g/mol. The third-order valence-corrected chi connectivity index (χ3v) is 5.23. The largest absolute Gasteiger partial charge is 0.340 e. The number of nitrogens with one attached hydrogen (secondary N) is 1. The van der Waals surface area contributed by atoms with Crippen molar-refractivity contribution in [1.29, 1.82) is 0 Å². The summed E-state index contributed by atoms with van der Waals surface area (Å²) in [5.41, 5.74) is 0. The van der Waals surface area contributed by atoms with E-state index >= 15 is 0 Å². The summed E-state index contributed by atoms with van der Waals surface area (Å²) in [6.07, 6.45) is 4.39. The number of nitrogens with zero attached hydrogens (tertiary/aromatic N) is 1. The minimum Gasteiger partial charge on any atom is -0.340 e. The number of rotatable bonds is 2. The van der Waals surface area contributed by atoms with E-state index in [1.807, 2.05) is 11.8 Å². The molecule has 4 heteroatoms. The van der Waals surface area contributed by atoms with E-state index in [2.05, 4.69) is 24.1 Å². The zero-order valence-corrected chi connectivity index (χ0v) is 12.5. The highest BCUT2D eigenvalue weighted by Gasteiger charge is 2.27. The van der Waals surface area contributed by atoms with Crippen molar-refractivity contribution >= 4 is 17.7 Å². The van der Waals surface area contributed by atoms with Crippen LogP contribution < -0.4 is 5.32 Å². The summed E-state index contributed by atoms with van der Waals surface area (Å²) in [5, 5.41) is 3.46. The van der Waals surface area contributed by atoms with Gasteiger partial charge >= 0.3 is 0 Å². The average Bonchev–Trinajstić information content (AvgIpc) is 2.52. The molecule has 3 unspecified atom stereocenters. The molecule has 104 valence electrons. The van der Waals surface area contributed by atoms with Crippen molar-refractivity contribution in [3.8, 4) is 0 Å². The van der Waals surface area contributed by atoms with Crippen LogP contribution in [0.1, 0.15) is 39.5 Å². The van der Waals surface area contributed by atoms with Crippen LogP contribution in [0.5, 0.6) is 0 Å². The van der Waals surface area contributed by atoms with Crippen molar-refractivity contribution in [2.45, 2.75) is 51.6 Å². The normalized spacial score (nSPS) is 34.1. The first kappa shape index (κ1) is 14.2. The van der Waals surface area contributed by atoms with Gasteiger partial charge in [0.15, 0.2) is 0 Å². The van der Waals surface area contributed by atoms with E-state index in [9.17, 15) is 4.79 Å².